The number of aryl methyl sites for hydroxylation is 1. The highest BCUT2D eigenvalue weighted by atomic mass is 16.5. The van der Waals surface area contributed by atoms with Gasteiger partial charge in [0.25, 0.3) is 0 Å². The first kappa shape index (κ1) is 9.66. The van der Waals surface area contributed by atoms with E-state index in [9.17, 15) is 4.79 Å². The summed E-state index contributed by atoms with van der Waals surface area (Å²) in [6.45, 7) is 3.98. The van der Waals surface area contributed by atoms with Crippen LogP contribution < -0.4 is 10.2 Å². The summed E-state index contributed by atoms with van der Waals surface area (Å²) in [6, 6.07) is 5.93. The average molecular weight is 218 g/mol. The SMILES string of the molecule is Cc1cccc2c1NC(=O)C1COCCN21. The number of benzene rings is 1. The number of anilines is 2. The number of fused-ring (bicyclic) bond motifs is 3. The molecule has 2 heterocycles. The first-order valence-electron chi connectivity index (χ1n) is 5.52. The van der Waals surface area contributed by atoms with Crippen LogP contribution in [0.15, 0.2) is 18.2 Å². The Balaban J connectivity index is 2.10. The van der Waals surface area contributed by atoms with Gasteiger partial charge in [-0.2, -0.15) is 0 Å². The number of ether oxygens (including phenoxy) is 1. The van der Waals surface area contributed by atoms with Gasteiger partial charge in [-0.25, -0.2) is 0 Å². The fourth-order valence-electron chi connectivity index (χ4n) is 2.37. The molecule has 1 N–H and O–H groups in total. The first-order valence-corrected chi connectivity index (χ1v) is 5.52. The van der Waals surface area contributed by atoms with Crippen LogP contribution in [-0.4, -0.2) is 31.7 Å². The summed E-state index contributed by atoms with van der Waals surface area (Å²) < 4.78 is 5.35. The van der Waals surface area contributed by atoms with Gasteiger partial charge in [-0.05, 0) is 18.6 Å². The number of hydrogen-bond acceptors (Lipinski definition) is 3. The number of para-hydroxylation sites is 1. The maximum atomic E-state index is 11.9. The molecular formula is C12H14N2O2. The Morgan fingerprint density at radius 2 is 2.38 bits per heavy atom. The van der Waals surface area contributed by atoms with Gasteiger partial charge in [0, 0.05) is 6.54 Å². The van der Waals surface area contributed by atoms with Crippen LogP contribution >= 0.6 is 0 Å². The molecule has 16 heavy (non-hydrogen) atoms. The third kappa shape index (κ3) is 1.30. The third-order valence-corrected chi connectivity index (χ3v) is 3.24. The van der Waals surface area contributed by atoms with Crippen LogP contribution in [0.2, 0.25) is 0 Å². The number of carbonyl (C=O) groups is 1. The molecule has 4 nitrogen and oxygen atoms in total. The van der Waals surface area contributed by atoms with Crippen molar-refractivity contribution in [3.63, 3.8) is 0 Å². The van der Waals surface area contributed by atoms with Gasteiger partial charge in [0.2, 0.25) is 5.91 Å². The van der Waals surface area contributed by atoms with Crippen molar-refractivity contribution >= 4 is 17.3 Å². The summed E-state index contributed by atoms with van der Waals surface area (Å²) >= 11 is 0. The second kappa shape index (κ2) is 3.49. The second-order valence-corrected chi connectivity index (χ2v) is 4.24. The Kier molecular flexibility index (Phi) is 2.11. The molecule has 1 saturated heterocycles. The van der Waals surface area contributed by atoms with E-state index < -0.39 is 0 Å². The molecule has 1 fully saturated rings. The summed E-state index contributed by atoms with van der Waals surface area (Å²) in [5.74, 6) is 0.0431. The first-order chi connectivity index (χ1) is 7.77. The normalized spacial score (nSPS) is 23.4. The quantitative estimate of drug-likeness (QED) is 0.710. The van der Waals surface area contributed by atoms with E-state index in [0.717, 1.165) is 23.5 Å². The molecule has 84 valence electrons. The smallest absolute Gasteiger partial charge is 0.249 e. The highest BCUT2D eigenvalue weighted by molar-refractivity contribution is 6.04. The molecule has 1 aromatic rings. The number of morpholine rings is 1. The Morgan fingerprint density at radius 1 is 1.50 bits per heavy atom. The highest BCUT2D eigenvalue weighted by Crippen LogP contribution is 2.35. The molecule has 0 saturated carbocycles. The zero-order valence-corrected chi connectivity index (χ0v) is 9.19. The molecule has 0 aliphatic carbocycles. The van der Waals surface area contributed by atoms with Crippen LogP contribution in [0, 0.1) is 6.92 Å². The lowest BCUT2D eigenvalue weighted by atomic mass is 10.0. The molecule has 1 aromatic carbocycles. The zero-order valence-electron chi connectivity index (χ0n) is 9.19. The summed E-state index contributed by atoms with van der Waals surface area (Å²) in [6.07, 6.45) is 0. The monoisotopic (exact) mass is 218 g/mol. The standard InChI is InChI=1S/C12H14N2O2/c1-8-3-2-4-9-11(8)13-12(15)10-7-16-6-5-14(9)10/h2-4,10H,5-7H2,1H3,(H,13,15). The van der Waals surface area contributed by atoms with Crippen LogP contribution in [0.3, 0.4) is 0 Å². The Bertz CT molecular complexity index is 445. The van der Waals surface area contributed by atoms with Gasteiger partial charge in [-0.1, -0.05) is 12.1 Å². The van der Waals surface area contributed by atoms with Crippen molar-refractivity contribution in [3.05, 3.63) is 23.8 Å². The van der Waals surface area contributed by atoms with Gasteiger partial charge in [-0.15, -0.1) is 0 Å². The second-order valence-electron chi connectivity index (χ2n) is 4.24. The van der Waals surface area contributed by atoms with E-state index in [1.165, 1.54) is 0 Å². The molecule has 1 atom stereocenters. The summed E-state index contributed by atoms with van der Waals surface area (Å²) in [4.78, 5) is 14.1. The van der Waals surface area contributed by atoms with Gasteiger partial charge in [-0.3, -0.25) is 4.79 Å². The minimum atomic E-state index is -0.164. The minimum absolute atomic E-state index is 0.0431. The lowest BCUT2D eigenvalue weighted by Crippen LogP contribution is -2.55. The van der Waals surface area contributed by atoms with Gasteiger partial charge >= 0.3 is 0 Å². The number of rotatable bonds is 0. The van der Waals surface area contributed by atoms with E-state index >= 15 is 0 Å². The molecule has 0 aromatic heterocycles. The summed E-state index contributed by atoms with van der Waals surface area (Å²) in [7, 11) is 0. The van der Waals surface area contributed by atoms with Crippen molar-refractivity contribution in [2.24, 2.45) is 0 Å². The van der Waals surface area contributed by atoms with Crippen molar-refractivity contribution in [1.82, 2.24) is 0 Å². The van der Waals surface area contributed by atoms with Crippen LogP contribution in [0.4, 0.5) is 11.4 Å². The van der Waals surface area contributed by atoms with Crippen LogP contribution in [-0.2, 0) is 9.53 Å². The van der Waals surface area contributed by atoms with E-state index in [-0.39, 0.29) is 11.9 Å². The Hall–Kier alpha value is -1.55. The van der Waals surface area contributed by atoms with E-state index in [1.54, 1.807) is 0 Å². The molecule has 0 bridgehead atoms. The van der Waals surface area contributed by atoms with Gasteiger partial charge in [0.05, 0.1) is 24.6 Å². The maximum absolute atomic E-state index is 11.9. The summed E-state index contributed by atoms with van der Waals surface area (Å²) in [5, 5.41) is 2.97. The highest BCUT2D eigenvalue weighted by Gasteiger charge is 2.35. The van der Waals surface area contributed by atoms with Crippen molar-refractivity contribution < 1.29 is 9.53 Å². The van der Waals surface area contributed by atoms with E-state index in [0.29, 0.717) is 13.2 Å². The summed E-state index contributed by atoms with van der Waals surface area (Å²) in [5.41, 5.74) is 3.18. The average Bonchev–Trinajstić information content (AvgIpc) is 2.31. The lowest BCUT2D eigenvalue weighted by Gasteiger charge is -2.41. The third-order valence-electron chi connectivity index (χ3n) is 3.24. The number of hydrogen-bond donors (Lipinski definition) is 1. The molecule has 3 rings (SSSR count). The van der Waals surface area contributed by atoms with E-state index in [2.05, 4.69) is 16.3 Å². The molecule has 1 unspecified atom stereocenters. The molecule has 2 aliphatic rings. The van der Waals surface area contributed by atoms with Crippen LogP contribution in [0.1, 0.15) is 5.56 Å². The van der Waals surface area contributed by atoms with Gasteiger partial charge < -0.3 is 15.0 Å². The van der Waals surface area contributed by atoms with Crippen molar-refractivity contribution in [2.45, 2.75) is 13.0 Å². The maximum Gasteiger partial charge on any atom is 0.249 e. The number of carbonyl (C=O) groups excluding carboxylic acids is 1. The molecule has 0 spiro atoms. The largest absolute Gasteiger partial charge is 0.377 e. The molecule has 2 aliphatic heterocycles. The Morgan fingerprint density at radius 3 is 3.25 bits per heavy atom. The van der Waals surface area contributed by atoms with Crippen LogP contribution in [0.25, 0.3) is 0 Å². The predicted octanol–water partition coefficient (Wildman–Crippen LogP) is 1.15. The minimum Gasteiger partial charge on any atom is -0.377 e. The van der Waals surface area contributed by atoms with Crippen molar-refractivity contribution in [1.29, 1.82) is 0 Å². The number of nitrogens with zero attached hydrogens (tertiary/aromatic N) is 1. The van der Waals surface area contributed by atoms with Crippen molar-refractivity contribution in [3.8, 4) is 0 Å². The number of amides is 1. The van der Waals surface area contributed by atoms with Crippen molar-refractivity contribution in [2.75, 3.05) is 30.0 Å². The lowest BCUT2D eigenvalue weighted by molar-refractivity contribution is -0.119. The molecule has 1 amide bonds. The number of nitrogens with one attached hydrogen (secondary N) is 1. The fraction of sp³-hybridized carbons (Fsp3) is 0.417. The van der Waals surface area contributed by atoms with Gasteiger partial charge in [0.15, 0.2) is 0 Å². The molecular weight excluding hydrogens is 204 g/mol. The molecule has 0 radical (unpaired) electrons. The Labute approximate surface area is 94.2 Å². The molecule has 4 heteroatoms. The van der Waals surface area contributed by atoms with E-state index in [4.69, 9.17) is 4.74 Å². The fourth-order valence-corrected chi connectivity index (χ4v) is 2.37. The van der Waals surface area contributed by atoms with Gasteiger partial charge in [0.1, 0.15) is 6.04 Å². The zero-order chi connectivity index (χ0) is 11.1. The topological polar surface area (TPSA) is 41.6 Å². The van der Waals surface area contributed by atoms with E-state index in [1.807, 2.05) is 19.1 Å². The van der Waals surface area contributed by atoms with Crippen LogP contribution in [0.5, 0.6) is 0 Å². The predicted molar refractivity (Wildman–Crippen MR) is 61.8 cm³/mol.